The number of nitrogens with zero attached hydrogens (tertiary/aromatic N) is 1. The van der Waals surface area contributed by atoms with Crippen molar-refractivity contribution in [2.75, 3.05) is 20.3 Å². The summed E-state index contributed by atoms with van der Waals surface area (Å²) >= 11 is 0. The number of benzene rings is 1. The van der Waals surface area contributed by atoms with E-state index >= 15 is 0 Å². The maximum atomic E-state index is 12.2. The standard InChI is InChI=1S/C14H18N2O6S/c1-3-16-12-6-5-10(9-11(12)13(17)22-14(16)18)23(19,20)15-7-4-8-21-2/h5-6,9,15H,3-4,7-8H2,1-2H3. The molecule has 0 radical (unpaired) electrons. The maximum absolute atomic E-state index is 12.2. The molecule has 1 heterocycles. The van der Waals surface area contributed by atoms with Gasteiger partial charge in [-0.05, 0) is 31.5 Å². The molecule has 0 atom stereocenters. The second-order valence-electron chi connectivity index (χ2n) is 4.82. The van der Waals surface area contributed by atoms with Crippen molar-refractivity contribution >= 4 is 20.9 Å². The minimum atomic E-state index is -3.75. The molecule has 23 heavy (non-hydrogen) atoms. The molecule has 2 aromatic rings. The fourth-order valence-corrected chi connectivity index (χ4v) is 3.27. The fourth-order valence-electron chi connectivity index (χ4n) is 2.17. The average molecular weight is 342 g/mol. The molecule has 1 N–H and O–H groups in total. The average Bonchev–Trinajstić information content (AvgIpc) is 2.51. The Morgan fingerprint density at radius 2 is 2.04 bits per heavy atom. The molecular weight excluding hydrogens is 324 g/mol. The molecule has 9 heteroatoms. The molecule has 0 aliphatic rings. The number of sulfonamides is 1. The Hall–Kier alpha value is -1.97. The SMILES string of the molecule is CCn1c(=O)oc(=O)c2cc(S(=O)(=O)NCCCOC)ccc21. The summed E-state index contributed by atoms with van der Waals surface area (Å²) in [5.41, 5.74) is -0.516. The van der Waals surface area contributed by atoms with E-state index in [1.54, 1.807) is 6.92 Å². The number of nitrogens with one attached hydrogen (secondary N) is 1. The molecule has 0 aliphatic carbocycles. The van der Waals surface area contributed by atoms with Gasteiger partial charge in [-0.25, -0.2) is 22.7 Å². The normalized spacial score (nSPS) is 11.9. The Labute approximate surface area is 132 Å². The highest BCUT2D eigenvalue weighted by Gasteiger charge is 2.16. The fraction of sp³-hybridized carbons (Fsp3) is 0.429. The van der Waals surface area contributed by atoms with Crippen LogP contribution in [0, 0.1) is 0 Å². The summed E-state index contributed by atoms with van der Waals surface area (Å²) in [5, 5.41) is 0.0474. The molecule has 0 saturated heterocycles. The van der Waals surface area contributed by atoms with Crippen LogP contribution < -0.4 is 16.1 Å². The van der Waals surface area contributed by atoms with E-state index in [9.17, 15) is 18.0 Å². The number of ether oxygens (including phenoxy) is 1. The van der Waals surface area contributed by atoms with E-state index < -0.39 is 21.4 Å². The lowest BCUT2D eigenvalue weighted by Crippen LogP contribution is -2.27. The number of methoxy groups -OCH3 is 1. The van der Waals surface area contributed by atoms with Gasteiger partial charge < -0.3 is 9.15 Å². The van der Waals surface area contributed by atoms with Gasteiger partial charge in [0.2, 0.25) is 10.0 Å². The number of aryl methyl sites for hydroxylation is 1. The highest BCUT2D eigenvalue weighted by atomic mass is 32.2. The topological polar surface area (TPSA) is 108 Å². The van der Waals surface area contributed by atoms with E-state index in [0.717, 1.165) is 0 Å². The highest BCUT2D eigenvalue weighted by molar-refractivity contribution is 7.89. The molecule has 0 saturated carbocycles. The Bertz CT molecular complexity index is 913. The van der Waals surface area contributed by atoms with Gasteiger partial charge in [-0.1, -0.05) is 0 Å². The van der Waals surface area contributed by atoms with E-state index in [2.05, 4.69) is 9.14 Å². The molecule has 0 unspecified atom stereocenters. The first kappa shape index (κ1) is 17.4. The minimum Gasteiger partial charge on any atom is -0.385 e. The summed E-state index contributed by atoms with van der Waals surface area (Å²) in [5.74, 6) is -0.765. The summed E-state index contributed by atoms with van der Waals surface area (Å²) in [4.78, 5) is 23.4. The largest absolute Gasteiger partial charge is 0.422 e. The van der Waals surface area contributed by atoms with Crippen LogP contribution in [-0.4, -0.2) is 33.2 Å². The van der Waals surface area contributed by atoms with E-state index in [1.807, 2.05) is 0 Å². The minimum absolute atomic E-state index is 0.0474. The molecule has 0 fully saturated rings. The second-order valence-corrected chi connectivity index (χ2v) is 6.59. The van der Waals surface area contributed by atoms with Gasteiger partial charge in [0, 0.05) is 26.8 Å². The number of aromatic nitrogens is 1. The van der Waals surface area contributed by atoms with E-state index in [4.69, 9.17) is 4.74 Å². The molecule has 0 amide bonds. The van der Waals surface area contributed by atoms with Crippen LogP contribution >= 0.6 is 0 Å². The summed E-state index contributed by atoms with van der Waals surface area (Å²) in [6.07, 6.45) is 0.529. The first-order chi connectivity index (χ1) is 10.9. The van der Waals surface area contributed by atoms with Crippen molar-refractivity contribution in [1.29, 1.82) is 0 Å². The Morgan fingerprint density at radius 1 is 1.30 bits per heavy atom. The van der Waals surface area contributed by atoms with Crippen LogP contribution in [0.25, 0.3) is 10.9 Å². The second kappa shape index (κ2) is 7.07. The van der Waals surface area contributed by atoms with Crippen LogP contribution in [-0.2, 0) is 21.3 Å². The number of hydrogen-bond donors (Lipinski definition) is 1. The van der Waals surface area contributed by atoms with Crippen molar-refractivity contribution in [3.63, 3.8) is 0 Å². The maximum Gasteiger partial charge on any atom is 0.422 e. The predicted molar refractivity (Wildman–Crippen MR) is 84.1 cm³/mol. The lowest BCUT2D eigenvalue weighted by molar-refractivity contribution is 0.196. The summed E-state index contributed by atoms with van der Waals surface area (Å²) in [6.45, 7) is 2.69. The molecule has 8 nitrogen and oxygen atoms in total. The molecule has 1 aromatic carbocycles. The third kappa shape index (κ3) is 3.69. The van der Waals surface area contributed by atoms with E-state index in [-0.39, 0.29) is 16.8 Å². The Balaban J connectivity index is 2.44. The molecule has 1 aromatic heterocycles. The van der Waals surface area contributed by atoms with Crippen molar-refractivity contribution in [2.45, 2.75) is 24.8 Å². The molecule has 2 rings (SSSR count). The van der Waals surface area contributed by atoms with Gasteiger partial charge in [-0.15, -0.1) is 0 Å². The van der Waals surface area contributed by atoms with Crippen LogP contribution in [0.2, 0.25) is 0 Å². The zero-order valence-corrected chi connectivity index (χ0v) is 13.7. The first-order valence-electron chi connectivity index (χ1n) is 7.07. The molecule has 126 valence electrons. The third-order valence-electron chi connectivity index (χ3n) is 3.32. The van der Waals surface area contributed by atoms with Crippen molar-refractivity contribution in [3.8, 4) is 0 Å². The first-order valence-corrected chi connectivity index (χ1v) is 8.55. The van der Waals surface area contributed by atoms with Crippen molar-refractivity contribution in [2.24, 2.45) is 0 Å². The van der Waals surface area contributed by atoms with Crippen LogP contribution in [0.1, 0.15) is 13.3 Å². The van der Waals surface area contributed by atoms with Crippen molar-refractivity contribution < 1.29 is 17.6 Å². The van der Waals surface area contributed by atoms with Crippen LogP contribution in [0.5, 0.6) is 0 Å². The predicted octanol–water partition coefficient (Wildman–Crippen LogP) is 0.289. The Kier molecular flexibility index (Phi) is 5.34. The summed E-state index contributed by atoms with van der Waals surface area (Å²) in [7, 11) is -2.22. The molecular formula is C14H18N2O6S. The quantitative estimate of drug-likeness (QED) is 0.725. The highest BCUT2D eigenvalue weighted by Crippen LogP contribution is 2.15. The van der Waals surface area contributed by atoms with Gasteiger partial charge in [0.05, 0.1) is 15.8 Å². The summed E-state index contributed by atoms with van der Waals surface area (Å²) < 4.78 is 37.6. The third-order valence-corrected chi connectivity index (χ3v) is 4.78. The van der Waals surface area contributed by atoms with Gasteiger partial charge in [0.25, 0.3) is 0 Å². The van der Waals surface area contributed by atoms with Gasteiger partial charge in [-0.2, -0.15) is 0 Å². The van der Waals surface area contributed by atoms with Gasteiger partial charge >= 0.3 is 11.4 Å². The van der Waals surface area contributed by atoms with E-state index in [1.165, 1.54) is 29.9 Å². The summed E-state index contributed by atoms with van der Waals surface area (Å²) in [6, 6.07) is 4.00. The Morgan fingerprint density at radius 3 is 2.70 bits per heavy atom. The molecule has 0 aliphatic heterocycles. The van der Waals surface area contributed by atoms with Crippen LogP contribution in [0.4, 0.5) is 0 Å². The van der Waals surface area contributed by atoms with E-state index in [0.29, 0.717) is 25.1 Å². The monoisotopic (exact) mass is 342 g/mol. The van der Waals surface area contributed by atoms with Gasteiger partial charge in [0.15, 0.2) is 0 Å². The lowest BCUT2D eigenvalue weighted by atomic mass is 10.2. The van der Waals surface area contributed by atoms with Gasteiger partial charge in [0.1, 0.15) is 0 Å². The van der Waals surface area contributed by atoms with Gasteiger partial charge in [-0.3, -0.25) is 4.57 Å². The van der Waals surface area contributed by atoms with Crippen LogP contribution in [0.15, 0.2) is 37.1 Å². The number of fused-ring (bicyclic) bond motifs is 1. The molecule has 0 spiro atoms. The van der Waals surface area contributed by atoms with Crippen LogP contribution in [0.3, 0.4) is 0 Å². The van der Waals surface area contributed by atoms with Crippen molar-refractivity contribution in [1.82, 2.24) is 9.29 Å². The number of hydrogen-bond acceptors (Lipinski definition) is 6. The number of rotatable bonds is 7. The zero-order valence-electron chi connectivity index (χ0n) is 12.9. The zero-order chi connectivity index (χ0) is 17.0. The molecule has 0 bridgehead atoms. The van der Waals surface area contributed by atoms with Crippen molar-refractivity contribution in [3.05, 3.63) is 39.2 Å². The smallest absolute Gasteiger partial charge is 0.385 e. The lowest BCUT2D eigenvalue weighted by Gasteiger charge is -2.09.